The highest BCUT2D eigenvalue weighted by Crippen LogP contribution is 2.28. The van der Waals surface area contributed by atoms with E-state index < -0.39 is 11.5 Å². The van der Waals surface area contributed by atoms with Gasteiger partial charge in [-0.25, -0.2) is 4.98 Å². The molecule has 0 spiro atoms. The van der Waals surface area contributed by atoms with Gasteiger partial charge in [0.1, 0.15) is 5.82 Å². The first-order valence-corrected chi connectivity index (χ1v) is 6.53. The van der Waals surface area contributed by atoms with Gasteiger partial charge in [-0.3, -0.25) is 9.59 Å². The largest absolute Gasteiger partial charge is 0.493 e. The highest BCUT2D eigenvalue weighted by molar-refractivity contribution is 5.69. The molecule has 0 bridgehead atoms. The smallest absolute Gasteiger partial charge is 0.308 e. The lowest BCUT2D eigenvalue weighted by Crippen LogP contribution is -2.19. The second-order valence-electron chi connectivity index (χ2n) is 4.62. The molecule has 2 N–H and O–H groups in total. The first kappa shape index (κ1) is 15.6. The Morgan fingerprint density at radius 3 is 2.59 bits per heavy atom. The second kappa shape index (κ2) is 6.75. The summed E-state index contributed by atoms with van der Waals surface area (Å²) in [6.07, 6.45) is 1.34. The lowest BCUT2D eigenvalue weighted by molar-refractivity contribution is -0.136. The van der Waals surface area contributed by atoms with E-state index in [-0.39, 0.29) is 12.0 Å². The Bertz CT molecular complexity index is 739. The number of hydrogen-bond donors (Lipinski definition) is 2. The molecule has 2 aromatic rings. The van der Waals surface area contributed by atoms with Gasteiger partial charge in [-0.05, 0) is 17.7 Å². The Balaban J connectivity index is 2.22. The van der Waals surface area contributed by atoms with Crippen LogP contribution >= 0.6 is 0 Å². The predicted octanol–water partition coefficient (Wildman–Crippen LogP) is 1.00. The van der Waals surface area contributed by atoms with Crippen LogP contribution in [0.5, 0.6) is 11.5 Å². The number of H-pyrrole nitrogens is 1. The number of hydrogen-bond acceptors (Lipinski definition) is 5. The molecule has 22 heavy (non-hydrogen) atoms. The molecule has 1 aromatic heterocycles. The Morgan fingerprint density at radius 1 is 1.27 bits per heavy atom. The predicted molar refractivity (Wildman–Crippen MR) is 78.5 cm³/mol. The zero-order chi connectivity index (χ0) is 16.1. The number of aromatic amines is 1. The topological polar surface area (TPSA) is 102 Å². The van der Waals surface area contributed by atoms with Crippen LogP contribution in [0, 0.1) is 0 Å². The molecule has 2 rings (SSSR count). The zero-order valence-corrected chi connectivity index (χ0v) is 12.3. The van der Waals surface area contributed by atoms with Crippen LogP contribution in [0.3, 0.4) is 0 Å². The summed E-state index contributed by atoms with van der Waals surface area (Å²) in [5.74, 6) is 0.584. The molecule has 0 amide bonds. The molecule has 1 heterocycles. The lowest BCUT2D eigenvalue weighted by Gasteiger charge is -2.09. The molecule has 0 atom stereocenters. The fourth-order valence-electron chi connectivity index (χ4n) is 2.02. The van der Waals surface area contributed by atoms with Gasteiger partial charge in [-0.1, -0.05) is 6.07 Å². The van der Waals surface area contributed by atoms with E-state index in [1.807, 2.05) is 6.07 Å². The number of benzene rings is 1. The van der Waals surface area contributed by atoms with Crippen molar-refractivity contribution in [3.05, 3.63) is 51.7 Å². The van der Waals surface area contributed by atoms with Gasteiger partial charge in [-0.2, -0.15) is 0 Å². The van der Waals surface area contributed by atoms with Crippen LogP contribution in [0.1, 0.15) is 17.0 Å². The Labute approximate surface area is 126 Å². The standard InChI is InChI=1S/C15H16N2O5/c1-21-11-4-3-9(5-12(11)22-2)6-13-16-8-10(7-14(18)19)15(20)17-13/h3-5,8H,6-7H2,1-2H3,(H,18,19)(H,16,17,20). The average Bonchev–Trinajstić information content (AvgIpc) is 2.49. The summed E-state index contributed by atoms with van der Waals surface area (Å²) in [5.41, 5.74) is 0.572. The van der Waals surface area contributed by atoms with E-state index in [2.05, 4.69) is 9.97 Å². The van der Waals surface area contributed by atoms with Crippen molar-refractivity contribution in [3.63, 3.8) is 0 Å². The summed E-state index contributed by atoms with van der Waals surface area (Å²) in [6.45, 7) is 0. The zero-order valence-electron chi connectivity index (χ0n) is 12.3. The highest BCUT2D eigenvalue weighted by atomic mass is 16.5. The van der Waals surface area contributed by atoms with Crippen molar-refractivity contribution in [2.24, 2.45) is 0 Å². The number of nitrogens with one attached hydrogen (secondary N) is 1. The van der Waals surface area contributed by atoms with Gasteiger partial charge >= 0.3 is 5.97 Å². The van der Waals surface area contributed by atoms with E-state index in [4.69, 9.17) is 14.6 Å². The van der Waals surface area contributed by atoms with Crippen LogP contribution in [-0.2, 0) is 17.6 Å². The fraction of sp³-hybridized carbons (Fsp3) is 0.267. The number of nitrogens with zero attached hydrogens (tertiary/aromatic N) is 1. The third-order valence-corrected chi connectivity index (χ3v) is 3.09. The molecule has 0 fully saturated rings. The van der Waals surface area contributed by atoms with Crippen LogP contribution in [0.2, 0.25) is 0 Å². The SMILES string of the molecule is COc1ccc(Cc2ncc(CC(=O)O)c(=O)[nH]2)cc1OC. The molecule has 0 aliphatic carbocycles. The van der Waals surface area contributed by atoms with Gasteiger partial charge in [-0.15, -0.1) is 0 Å². The molecule has 116 valence electrons. The van der Waals surface area contributed by atoms with Gasteiger partial charge in [0.25, 0.3) is 5.56 Å². The molecule has 0 saturated carbocycles. The van der Waals surface area contributed by atoms with Crippen molar-refractivity contribution in [1.29, 1.82) is 0 Å². The molecule has 1 aromatic carbocycles. The number of aliphatic carboxylic acids is 1. The maximum atomic E-state index is 11.8. The van der Waals surface area contributed by atoms with Crippen LogP contribution in [0.4, 0.5) is 0 Å². The van der Waals surface area contributed by atoms with Gasteiger partial charge in [0.05, 0.1) is 20.6 Å². The third kappa shape index (κ3) is 3.63. The fourth-order valence-corrected chi connectivity index (χ4v) is 2.02. The normalized spacial score (nSPS) is 10.3. The quantitative estimate of drug-likeness (QED) is 0.825. The van der Waals surface area contributed by atoms with Crippen LogP contribution in [-0.4, -0.2) is 35.3 Å². The summed E-state index contributed by atoms with van der Waals surface area (Å²) in [6, 6.07) is 5.40. The van der Waals surface area contributed by atoms with Crippen molar-refractivity contribution < 1.29 is 19.4 Å². The van der Waals surface area contributed by atoms with E-state index in [0.29, 0.717) is 23.7 Å². The molecule has 7 heteroatoms. The van der Waals surface area contributed by atoms with Crippen molar-refractivity contribution in [3.8, 4) is 11.5 Å². The van der Waals surface area contributed by atoms with Crippen molar-refractivity contribution in [2.75, 3.05) is 14.2 Å². The first-order chi connectivity index (χ1) is 10.5. The molecule has 0 aliphatic rings. The number of carbonyl (C=O) groups is 1. The molecule has 0 unspecified atom stereocenters. The van der Waals surface area contributed by atoms with E-state index >= 15 is 0 Å². The Kier molecular flexibility index (Phi) is 4.77. The van der Waals surface area contributed by atoms with E-state index in [9.17, 15) is 9.59 Å². The molecule has 7 nitrogen and oxygen atoms in total. The van der Waals surface area contributed by atoms with Crippen molar-refractivity contribution >= 4 is 5.97 Å². The number of carboxylic acids is 1. The van der Waals surface area contributed by atoms with E-state index in [1.54, 1.807) is 26.4 Å². The summed E-state index contributed by atoms with van der Waals surface area (Å²) in [4.78, 5) is 29.1. The lowest BCUT2D eigenvalue weighted by atomic mass is 10.1. The van der Waals surface area contributed by atoms with Gasteiger partial charge in [0.2, 0.25) is 0 Å². The Hall–Kier alpha value is -2.83. The number of ether oxygens (including phenoxy) is 2. The maximum Gasteiger partial charge on any atom is 0.308 e. The first-order valence-electron chi connectivity index (χ1n) is 6.53. The highest BCUT2D eigenvalue weighted by Gasteiger charge is 2.09. The van der Waals surface area contributed by atoms with Crippen LogP contribution in [0.15, 0.2) is 29.2 Å². The van der Waals surface area contributed by atoms with E-state index in [0.717, 1.165) is 5.56 Å². The minimum atomic E-state index is -1.07. The van der Waals surface area contributed by atoms with Crippen molar-refractivity contribution in [2.45, 2.75) is 12.8 Å². The summed E-state index contributed by atoms with van der Waals surface area (Å²) in [5, 5.41) is 8.70. The van der Waals surface area contributed by atoms with Crippen LogP contribution in [0.25, 0.3) is 0 Å². The summed E-state index contributed by atoms with van der Waals surface area (Å²) < 4.78 is 10.4. The van der Waals surface area contributed by atoms with Gasteiger partial charge in [0.15, 0.2) is 11.5 Å². The van der Waals surface area contributed by atoms with Gasteiger partial charge in [0, 0.05) is 18.2 Å². The average molecular weight is 304 g/mol. The molecule has 0 aliphatic heterocycles. The van der Waals surface area contributed by atoms with E-state index in [1.165, 1.54) is 6.20 Å². The molecular weight excluding hydrogens is 288 g/mol. The number of carboxylic acid groups (broad SMARTS) is 1. The summed E-state index contributed by atoms with van der Waals surface area (Å²) in [7, 11) is 3.10. The molecule has 0 radical (unpaired) electrons. The number of aromatic nitrogens is 2. The maximum absolute atomic E-state index is 11.8. The van der Waals surface area contributed by atoms with Crippen molar-refractivity contribution in [1.82, 2.24) is 9.97 Å². The minimum Gasteiger partial charge on any atom is -0.493 e. The summed E-state index contributed by atoms with van der Waals surface area (Å²) >= 11 is 0. The number of methoxy groups -OCH3 is 2. The van der Waals surface area contributed by atoms with Crippen LogP contribution < -0.4 is 15.0 Å². The van der Waals surface area contributed by atoms with Gasteiger partial charge < -0.3 is 19.6 Å². The molecule has 0 saturated heterocycles. The number of rotatable bonds is 6. The monoisotopic (exact) mass is 304 g/mol. The third-order valence-electron chi connectivity index (χ3n) is 3.09. The second-order valence-corrected chi connectivity index (χ2v) is 4.62. The Morgan fingerprint density at radius 2 is 2.00 bits per heavy atom. The molecular formula is C15H16N2O5. The minimum absolute atomic E-state index is 0.128.